The van der Waals surface area contributed by atoms with Gasteiger partial charge in [0, 0.05) is 36.6 Å². The third kappa shape index (κ3) is 4.17. The van der Waals surface area contributed by atoms with Gasteiger partial charge in [0.2, 0.25) is 5.78 Å². The van der Waals surface area contributed by atoms with Crippen molar-refractivity contribution in [2.75, 3.05) is 0 Å². The monoisotopic (exact) mass is 503 g/mol. The predicted octanol–water partition coefficient (Wildman–Crippen LogP) is 5.51. The van der Waals surface area contributed by atoms with Gasteiger partial charge in [-0.1, -0.05) is 68.5 Å². The van der Waals surface area contributed by atoms with Gasteiger partial charge in [-0.25, -0.2) is 4.79 Å². The Kier molecular flexibility index (Phi) is 6.58. The lowest BCUT2D eigenvalue weighted by Crippen LogP contribution is -2.37. The average molecular weight is 504 g/mol. The van der Waals surface area contributed by atoms with E-state index in [0.717, 1.165) is 27.9 Å². The molecule has 5 aromatic rings. The van der Waals surface area contributed by atoms with Crippen LogP contribution in [0.15, 0.2) is 64.3 Å². The minimum atomic E-state index is -0.406. The molecule has 0 bridgehead atoms. The fourth-order valence-corrected chi connectivity index (χ4v) is 4.92. The van der Waals surface area contributed by atoms with Crippen LogP contribution in [0.3, 0.4) is 0 Å². The summed E-state index contributed by atoms with van der Waals surface area (Å²) in [7, 11) is 3.12. The number of hydrogen-bond acceptors (Lipinski definition) is 3. The highest BCUT2D eigenvalue weighted by Gasteiger charge is 2.21. The topological polar surface area (TPSA) is 66.2 Å². The molecular weight excluding hydrogens is 474 g/mol. The Hall–Kier alpha value is -3.58. The lowest BCUT2D eigenvalue weighted by Gasteiger charge is -2.10. The van der Waals surface area contributed by atoms with Gasteiger partial charge >= 0.3 is 5.69 Å². The van der Waals surface area contributed by atoms with E-state index in [1.54, 1.807) is 11.4 Å². The summed E-state index contributed by atoms with van der Waals surface area (Å²) in [6, 6.07) is 16.1. The van der Waals surface area contributed by atoms with Crippen LogP contribution in [0.25, 0.3) is 33.9 Å². The van der Waals surface area contributed by atoms with Crippen molar-refractivity contribution in [1.29, 1.82) is 0 Å². The van der Waals surface area contributed by atoms with Crippen LogP contribution in [0, 0.1) is 0 Å². The summed E-state index contributed by atoms with van der Waals surface area (Å²) in [5.41, 5.74) is 4.03. The fourth-order valence-electron chi connectivity index (χ4n) is 4.79. The molecule has 0 spiro atoms. The van der Waals surface area contributed by atoms with Gasteiger partial charge in [0.1, 0.15) is 0 Å². The second-order valence-electron chi connectivity index (χ2n) is 9.35. The molecule has 0 radical (unpaired) electrons. The Bertz CT molecular complexity index is 1650. The van der Waals surface area contributed by atoms with Gasteiger partial charge in [-0.15, -0.1) is 0 Å². The van der Waals surface area contributed by atoms with Crippen LogP contribution >= 0.6 is 11.6 Å². The Balaban J connectivity index is 1.64. The molecule has 0 aliphatic carbocycles. The van der Waals surface area contributed by atoms with Crippen molar-refractivity contribution in [2.24, 2.45) is 14.1 Å². The van der Waals surface area contributed by atoms with E-state index in [1.165, 1.54) is 49.3 Å². The third-order valence-corrected chi connectivity index (χ3v) is 7.12. The number of aryl methyl sites for hydroxylation is 2. The van der Waals surface area contributed by atoms with Gasteiger partial charge < -0.3 is 0 Å². The molecule has 0 aliphatic rings. The zero-order valence-corrected chi connectivity index (χ0v) is 21.6. The number of rotatable bonds is 8. The van der Waals surface area contributed by atoms with Crippen molar-refractivity contribution < 1.29 is 0 Å². The van der Waals surface area contributed by atoms with Crippen LogP contribution in [-0.4, -0.2) is 23.1 Å². The lowest BCUT2D eigenvalue weighted by molar-refractivity contribution is 0.632. The van der Waals surface area contributed by atoms with Crippen molar-refractivity contribution >= 4 is 28.5 Å². The Morgan fingerprint density at radius 2 is 1.56 bits per heavy atom. The van der Waals surface area contributed by atoms with Gasteiger partial charge in [-0.05, 0) is 42.7 Å². The number of unbranched alkanes of at least 4 members (excludes halogenated alkanes) is 4. The highest BCUT2D eigenvalue weighted by Crippen LogP contribution is 2.30. The zero-order valence-electron chi connectivity index (χ0n) is 20.9. The smallest absolute Gasteiger partial charge is 0.279 e. The van der Waals surface area contributed by atoms with Gasteiger partial charge in [0.05, 0.1) is 5.69 Å². The minimum absolute atomic E-state index is 0.353. The second-order valence-corrected chi connectivity index (χ2v) is 9.78. The van der Waals surface area contributed by atoms with Crippen molar-refractivity contribution in [1.82, 2.24) is 23.1 Å². The first-order valence-electron chi connectivity index (χ1n) is 12.5. The van der Waals surface area contributed by atoms with E-state index in [2.05, 4.69) is 31.2 Å². The molecule has 0 unspecified atom stereocenters. The van der Waals surface area contributed by atoms with Crippen LogP contribution in [0.4, 0.5) is 0 Å². The molecule has 3 aromatic heterocycles. The number of halogens is 1. The summed E-state index contributed by atoms with van der Waals surface area (Å²) >= 11 is 6.16. The molecule has 0 N–H and O–H groups in total. The molecule has 0 saturated carbocycles. The highest BCUT2D eigenvalue weighted by atomic mass is 35.5. The molecule has 2 aromatic carbocycles. The quantitative estimate of drug-likeness (QED) is 0.262. The zero-order chi connectivity index (χ0) is 25.4. The normalized spacial score (nSPS) is 11.7. The Morgan fingerprint density at radius 3 is 2.25 bits per heavy atom. The predicted molar refractivity (Wildman–Crippen MR) is 145 cm³/mol. The maximum atomic E-state index is 13.1. The number of imidazole rings is 2. The van der Waals surface area contributed by atoms with Crippen LogP contribution < -0.4 is 11.2 Å². The summed E-state index contributed by atoms with van der Waals surface area (Å²) in [5, 5.41) is 0.636. The second kappa shape index (κ2) is 9.82. The molecular formula is C28H30ClN5O2. The standard InChI is InChI=1S/C28H30ClN5O2/c1-4-5-6-7-8-9-19-10-12-20(13-11-19)23-18-33-24-25(31(2)28(36)32(3)26(24)35)30-27(33)34(23)22-16-14-21(29)15-17-22/h10-18H,4-9H2,1-3H3. The van der Waals surface area contributed by atoms with Crippen molar-refractivity contribution in [3.8, 4) is 16.9 Å². The number of fused-ring (bicyclic) bond motifs is 3. The number of hydrogen-bond donors (Lipinski definition) is 0. The molecule has 7 nitrogen and oxygen atoms in total. The molecule has 0 fully saturated rings. The highest BCUT2D eigenvalue weighted by molar-refractivity contribution is 6.30. The Labute approximate surface area is 214 Å². The van der Waals surface area contributed by atoms with Crippen molar-refractivity contribution in [2.45, 2.75) is 45.4 Å². The van der Waals surface area contributed by atoms with Gasteiger partial charge in [-0.2, -0.15) is 4.98 Å². The maximum Gasteiger partial charge on any atom is 0.332 e. The summed E-state index contributed by atoms with van der Waals surface area (Å²) in [6.45, 7) is 2.23. The first-order valence-corrected chi connectivity index (χ1v) is 12.8. The molecule has 5 rings (SSSR count). The largest absolute Gasteiger partial charge is 0.332 e. The maximum absolute atomic E-state index is 13.1. The van der Waals surface area contributed by atoms with Crippen LogP contribution in [0.2, 0.25) is 5.02 Å². The van der Waals surface area contributed by atoms with E-state index in [4.69, 9.17) is 16.6 Å². The molecule has 36 heavy (non-hydrogen) atoms. The number of benzene rings is 2. The minimum Gasteiger partial charge on any atom is -0.279 e. The van der Waals surface area contributed by atoms with Crippen LogP contribution in [0.1, 0.15) is 44.6 Å². The van der Waals surface area contributed by atoms with Gasteiger partial charge in [0.15, 0.2) is 11.2 Å². The van der Waals surface area contributed by atoms with E-state index >= 15 is 0 Å². The SMILES string of the molecule is CCCCCCCc1ccc(-c2cn3c4c(=O)n(C)c(=O)n(C)c4nc3n2-c2ccc(Cl)cc2)cc1. The molecule has 0 saturated heterocycles. The van der Waals surface area contributed by atoms with Crippen LogP contribution in [0.5, 0.6) is 0 Å². The first kappa shape index (κ1) is 24.1. The molecule has 0 atom stereocenters. The molecule has 186 valence electrons. The van der Waals surface area contributed by atoms with E-state index in [9.17, 15) is 9.59 Å². The van der Waals surface area contributed by atoms with E-state index in [1.807, 2.05) is 35.0 Å². The average Bonchev–Trinajstić information content (AvgIpc) is 3.44. The van der Waals surface area contributed by atoms with Gasteiger partial charge in [-0.3, -0.25) is 22.9 Å². The van der Waals surface area contributed by atoms with E-state index < -0.39 is 5.69 Å². The molecule has 0 amide bonds. The van der Waals surface area contributed by atoms with Gasteiger partial charge in [0.25, 0.3) is 5.56 Å². The van der Waals surface area contributed by atoms with Crippen molar-refractivity contribution in [3.05, 3.63) is 86.2 Å². The van der Waals surface area contributed by atoms with E-state index in [0.29, 0.717) is 22.0 Å². The summed E-state index contributed by atoms with van der Waals surface area (Å²) in [4.78, 5) is 30.3. The Morgan fingerprint density at radius 1 is 0.861 bits per heavy atom. The van der Waals surface area contributed by atoms with Crippen molar-refractivity contribution in [3.63, 3.8) is 0 Å². The fraction of sp³-hybridized carbons (Fsp3) is 0.321. The number of aromatic nitrogens is 5. The summed E-state index contributed by atoms with van der Waals surface area (Å²) < 4.78 is 6.30. The summed E-state index contributed by atoms with van der Waals surface area (Å²) in [5.74, 6) is 0.556. The summed E-state index contributed by atoms with van der Waals surface area (Å²) in [6.07, 6.45) is 9.30. The lowest BCUT2D eigenvalue weighted by atomic mass is 10.0. The molecule has 3 heterocycles. The first-order chi connectivity index (χ1) is 17.4. The number of nitrogens with zero attached hydrogens (tertiary/aromatic N) is 5. The molecule has 8 heteroatoms. The van der Waals surface area contributed by atoms with Crippen LogP contribution in [-0.2, 0) is 20.5 Å². The molecule has 0 aliphatic heterocycles. The third-order valence-electron chi connectivity index (χ3n) is 6.87. The van der Waals surface area contributed by atoms with E-state index in [-0.39, 0.29) is 5.56 Å².